The molecule has 2 unspecified atom stereocenters. The fourth-order valence-corrected chi connectivity index (χ4v) is 4.57. The topological polar surface area (TPSA) is 65.5 Å². The Balaban J connectivity index is 1.88. The van der Waals surface area contributed by atoms with Crippen LogP contribution in [-0.4, -0.2) is 41.5 Å². The molecule has 1 amide bonds. The Morgan fingerprint density at radius 1 is 1.34 bits per heavy atom. The summed E-state index contributed by atoms with van der Waals surface area (Å²) < 4.78 is 16.0. The molecule has 29 heavy (non-hydrogen) atoms. The minimum Gasteiger partial charge on any atom is -0.382 e. The molecule has 0 aliphatic heterocycles. The number of aliphatic hydroxyl groups is 1. The summed E-state index contributed by atoms with van der Waals surface area (Å²) in [5.74, 6) is -0.774. The molecule has 1 aromatic heterocycles. The molecule has 3 rings (SSSR count). The van der Waals surface area contributed by atoms with Crippen molar-refractivity contribution in [2.24, 2.45) is 0 Å². The molecule has 1 aliphatic rings. The van der Waals surface area contributed by atoms with Crippen molar-refractivity contribution in [2.75, 3.05) is 20.6 Å². The average molecular weight is 440 g/mol. The van der Waals surface area contributed by atoms with Gasteiger partial charge in [0.1, 0.15) is 5.60 Å². The Morgan fingerprint density at radius 3 is 2.72 bits per heavy atom. The number of aryl methyl sites for hydroxylation is 1. The summed E-state index contributed by atoms with van der Waals surface area (Å²) in [7, 11) is 3.64. The number of carbonyl (C=O) groups is 1. The van der Waals surface area contributed by atoms with Gasteiger partial charge in [-0.25, -0.2) is 4.39 Å². The molecule has 0 saturated carbocycles. The number of alkyl halides is 1. The molecule has 0 bridgehead atoms. The first-order valence-electron chi connectivity index (χ1n) is 9.31. The molecule has 0 fully saturated rings. The van der Waals surface area contributed by atoms with Gasteiger partial charge in [-0.05, 0) is 63.2 Å². The standard InChI is InChI=1S/C21H24Cl2FN3O2/c1-13-9-14(22)10-17(23)15(13)11-26-19(28)21(24)7-6-20(29,12-27(2)3)18-16(21)5-4-8-25-18/h4-5,8-10,29H,6-7,11-12H2,1-3H3,(H,26,28). The average Bonchev–Trinajstić information content (AvgIpc) is 2.64. The molecule has 2 N–H and O–H groups in total. The lowest BCUT2D eigenvalue weighted by atomic mass is 9.74. The van der Waals surface area contributed by atoms with E-state index in [1.165, 1.54) is 12.3 Å². The maximum Gasteiger partial charge on any atom is 0.262 e. The van der Waals surface area contributed by atoms with Crippen molar-refractivity contribution in [3.63, 3.8) is 0 Å². The summed E-state index contributed by atoms with van der Waals surface area (Å²) in [6, 6.07) is 6.41. The highest BCUT2D eigenvalue weighted by Gasteiger charge is 2.52. The Hall–Kier alpha value is -1.73. The van der Waals surface area contributed by atoms with Gasteiger partial charge in [-0.2, -0.15) is 0 Å². The van der Waals surface area contributed by atoms with Crippen LogP contribution in [0.4, 0.5) is 4.39 Å². The van der Waals surface area contributed by atoms with Gasteiger partial charge in [0.05, 0.1) is 5.69 Å². The summed E-state index contributed by atoms with van der Waals surface area (Å²) in [6.45, 7) is 2.18. The fourth-order valence-electron chi connectivity index (χ4n) is 3.91. The monoisotopic (exact) mass is 439 g/mol. The number of carbonyl (C=O) groups excluding carboxylic acids is 1. The number of halogens is 3. The molecule has 1 aromatic carbocycles. The molecule has 0 radical (unpaired) electrons. The molecular formula is C21H24Cl2FN3O2. The number of pyridine rings is 1. The van der Waals surface area contributed by atoms with Crippen LogP contribution >= 0.6 is 23.2 Å². The van der Waals surface area contributed by atoms with Crippen LogP contribution in [0, 0.1) is 6.92 Å². The highest BCUT2D eigenvalue weighted by atomic mass is 35.5. The first-order valence-corrected chi connectivity index (χ1v) is 10.1. The highest BCUT2D eigenvalue weighted by Crippen LogP contribution is 2.45. The highest BCUT2D eigenvalue weighted by molar-refractivity contribution is 6.35. The molecule has 8 heteroatoms. The maximum atomic E-state index is 16.0. The number of hydrogen-bond donors (Lipinski definition) is 2. The zero-order valence-corrected chi connectivity index (χ0v) is 18.1. The predicted octanol–water partition coefficient (Wildman–Crippen LogP) is 3.72. The van der Waals surface area contributed by atoms with Crippen LogP contribution in [0.3, 0.4) is 0 Å². The van der Waals surface area contributed by atoms with Crippen molar-refractivity contribution in [2.45, 2.75) is 37.6 Å². The molecule has 156 valence electrons. The Kier molecular flexibility index (Phi) is 6.20. The second-order valence-corrected chi connectivity index (χ2v) is 8.68. The number of hydrogen-bond acceptors (Lipinski definition) is 4. The second-order valence-electron chi connectivity index (χ2n) is 7.84. The van der Waals surface area contributed by atoms with Crippen molar-refractivity contribution in [3.8, 4) is 0 Å². The number of nitrogens with one attached hydrogen (secondary N) is 1. The van der Waals surface area contributed by atoms with Gasteiger partial charge in [0.25, 0.3) is 5.91 Å². The van der Waals surface area contributed by atoms with Crippen molar-refractivity contribution in [3.05, 3.63) is 62.9 Å². The lowest BCUT2D eigenvalue weighted by molar-refractivity contribution is -0.137. The quantitative estimate of drug-likeness (QED) is 0.744. The Bertz CT molecular complexity index is 917. The Morgan fingerprint density at radius 2 is 2.07 bits per heavy atom. The van der Waals surface area contributed by atoms with E-state index in [1.807, 2.05) is 25.9 Å². The van der Waals surface area contributed by atoms with E-state index < -0.39 is 17.2 Å². The zero-order chi connectivity index (χ0) is 21.4. The lowest BCUT2D eigenvalue weighted by Crippen LogP contribution is -2.50. The number of rotatable bonds is 5. The third-order valence-corrected chi connectivity index (χ3v) is 5.86. The maximum absolute atomic E-state index is 16.0. The van der Waals surface area contributed by atoms with E-state index >= 15 is 4.39 Å². The number of likely N-dealkylation sites (N-methyl/N-ethyl adjacent to an activating group) is 1. The molecule has 1 heterocycles. The van der Waals surface area contributed by atoms with Crippen LogP contribution < -0.4 is 5.32 Å². The summed E-state index contributed by atoms with van der Waals surface area (Å²) >= 11 is 12.2. The van der Waals surface area contributed by atoms with Gasteiger partial charge < -0.3 is 15.3 Å². The van der Waals surface area contributed by atoms with Gasteiger partial charge in [0.2, 0.25) is 5.67 Å². The van der Waals surface area contributed by atoms with Crippen molar-refractivity contribution >= 4 is 29.1 Å². The van der Waals surface area contributed by atoms with Gasteiger partial charge >= 0.3 is 0 Å². The van der Waals surface area contributed by atoms with E-state index in [-0.39, 0.29) is 37.2 Å². The Labute approximate surface area is 179 Å². The summed E-state index contributed by atoms with van der Waals surface area (Å²) in [5.41, 5.74) is -1.80. The summed E-state index contributed by atoms with van der Waals surface area (Å²) in [6.07, 6.45) is 1.44. The van der Waals surface area contributed by atoms with Gasteiger partial charge in [-0.15, -0.1) is 0 Å². The smallest absolute Gasteiger partial charge is 0.262 e. The van der Waals surface area contributed by atoms with E-state index in [9.17, 15) is 9.90 Å². The minimum absolute atomic E-state index is 0.0733. The van der Waals surface area contributed by atoms with Gasteiger partial charge in [-0.3, -0.25) is 9.78 Å². The first kappa shape index (κ1) is 22.0. The SMILES string of the molecule is Cc1cc(Cl)cc(Cl)c1CNC(=O)C1(F)CCC(O)(CN(C)C)c2ncccc21. The van der Waals surface area contributed by atoms with E-state index in [1.54, 1.807) is 18.2 Å². The van der Waals surface area contributed by atoms with Gasteiger partial charge in [-0.1, -0.05) is 29.3 Å². The molecular weight excluding hydrogens is 416 g/mol. The van der Waals surface area contributed by atoms with Crippen LogP contribution in [0.25, 0.3) is 0 Å². The number of benzene rings is 1. The molecule has 0 spiro atoms. The van der Waals surface area contributed by atoms with E-state index in [2.05, 4.69) is 10.3 Å². The van der Waals surface area contributed by atoms with Crippen LogP contribution in [0.1, 0.15) is 35.2 Å². The van der Waals surface area contributed by atoms with Crippen LogP contribution in [0.5, 0.6) is 0 Å². The molecule has 5 nitrogen and oxygen atoms in total. The molecule has 2 aromatic rings. The van der Waals surface area contributed by atoms with E-state index in [0.29, 0.717) is 15.6 Å². The second kappa shape index (κ2) is 8.19. The van der Waals surface area contributed by atoms with E-state index in [4.69, 9.17) is 23.2 Å². The van der Waals surface area contributed by atoms with Crippen LogP contribution in [0.15, 0.2) is 30.5 Å². The normalized spacial score (nSPS) is 23.7. The summed E-state index contributed by atoms with van der Waals surface area (Å²) in [4.78, 5) is 18.9. The van der Waals surface area contributed by atoms with Gasteiger partial charge in [0, 0.05) is 34.9 Å². The number of fused-ring (bicyclic) bond motifs is 1. The lowest BCUT2D eigenvalue weighted by Gasteiger charge is -2.40. The predicted molar refractivity (Wildman–Crippen MR) is 112 cm³/mol. The third-order valence-electron chi connectivity index (χ3n) is 5.31. The first-order chi connectivity index (χ1) is 13.6. The van der Waals surface area contributed by atoms with Crippen molar-refractivity contribution in [1.29, 1.82) is 0 Å². The number of aromatic nitrogens is 1. The van der Waals surface area contributed by atoms with Crippen LogP contribution in [0.2, 0.25) is 10.0 Å². The molecule has 0 saturated heterocycles. The largest absolute Gasteiger partial charge is 0.382 e. The van der Waals surface area contributed by atoms with Crippen molar-refractivity contribution < 1.29 is 14.3 Å². The van der Waals surface area contributed by atoms with E-state index in [0.717, 1.165) is 5.56 Å². The third kappa shape index (κ3) is 4.26. The summed E-state index contributed by atoms with van der Waals surface area (Å²) in [5, 5.41) is 14.6. The fraction of sp³-hybridized carbons (Fsp3) is 0.429. The van der Waals surface area contributed by atoms with Crippen LogP contribution in [-0.2, 0) is 22.6 Å². The zero-order valence-electron chi connectivity index (χ0n) is 16.6. The number of amides is 1. The number of nitrogens with zero attached hydrogens (tertiary/aromatic N) is 2. The molecule has 2 atom stereocenters. The van der Waals surface area contributed by atoms with Gasteiger partial charge in [0.15, 0.2) is 0 Å². The minimum atomic E-state index is -2.28. The molecule has 1 aliphatic carbocycles. The van der Waals surface area contributed by atoms with Crippen molar-refractivity contribution in [1.82, 2.24) is 15.2 Å².